The van der Waals surface area contributed by atoms with Crippen molar-refractivity contribution >= 4 is 41.4 Å². The zero-order valence-corrected chi connectivity index (χ0v) is 13.3. The van der Waals surface area contributed by atoms with Crippen molar-refractivity contribution in [1.82, 2.24) is 5.43 Å². The van der Waals surface area contributed by atoms with Crippen LogP contribution in [-0.2, 0) is 4.79 Å². The fraction of sp³-hybridized carbons (Fsp3) is 0. The minimum Gasteiger partial charge on any atom is -0.267 e. The van der Waals surface area contributed by atoms with Gasteiger partial charge in [0.2, 0.25) is 0 Å². The molecule has 0 saturated heterocycles. The maximum absolute atomic E-state index is 11.9. The molecule has 23 heavy (non-hydrogen) atoms. The first-order valence-electron chi connectivity index (χ1n) is 6.55. The number of halogens is 2. The van der Waals surface area contributed by atoms with E-state index in [2.05, 4.69) is 10.5 Å². The van der Waals surface area contributed by atoms with Crippen LogP contribution in [0.3, 0.4) is 0 Å². The zero-order chi connectivity index (χ0) is 16.7. The van der Waals surface area contributed by atoms with Crippen LogP contribution < -0.4 is 5.43 Å². The molecule has 2 aromatic carbocycles. The van der Waals surface area contributed by atoms with Crippen LogP contribution in [-0.4, -0.2) is 12.1 Å². The lowest BCUT2D eigenvalue weighted by molar-refractivity contribution is -0.117. The quantitative estimate of drug-likeness (QED) is 0.394. The van der Waals surface area contributed by atoms with Crippen LogP contribution in [0.2, 0.25) is 10.0 Å². The predicted molar refractivity (Wildman–Crippen MR) is 92.2 cm³/mol. The standard InChI is InChI=1S/C17H11Cl2N3O/c18-15-5-1-12(2-6-15)9-14(10-20)17(23)22-21-11-13-3-7-16(19)8-4-13/h1-9,11H,(H,22,23). The van der Waals surface area contributed by atoms with Crippen LogP contribution in [0, 0.1) is 11.3 Å². The summed E-state index contributed by atoms with van der Waals surface area (Å²) in [6, 6.07) is 15.6. The Labute approximate surface area is 143 Å². The summed E-state index contributed by atoms with van der Waals surface area (Å²) < 4.78 is 0. The van der Waals surface area contributed by atoms with Gasteiger partial charge in [0.05, 0.1) is 6.21 Å². The third kappa shape index (κ3) is 5.26. The van der Waals surface area contributed by atoms with E-state index in [0.717, 1.165) is 5.56 Å². The molecule has 0 aromatic heterocycles. The van der Waals surface area contributed by atoms with Crippen molar-refractivity contribution in [3.8, 4) is 6.07 Å². The van der Waals surface area contributed by atoms with Crippen molar-refractivity contribution in [2.45, 2.75) is 0 Å². The lowest BCUT2D eigenvalue weighted by Crippen LogP contribution is -2.18. The minimum atomic E-state index is -0.590. The normalized spacial score (nSPS) is 11.3. The van der Waals surface area contributed by atoms with Crippen LogP contribution in [0.4, 0.5) is 0 Å². The van der Waals surface area contributed by atoms with E-state index in [1.54, 1.807) is 48.5 Å². The van der Waals surface area contributed by atoms with Crippen molar-refractivity contribution < 1.29 is 4.79 Å². The summed E-state index contributed by atoms with van der Waals surface area (Å²) >= 11 is 11.6. The molecule has 0 aliphatic heterocycles. The van der Waals surface area contributed by atoms with Crippen molar-refractivity contribution in [2.24, 2.45) is 5.10 Å². The van der Waals surface area contributed by atoms with Gasteiger partial charge in [0, 0.05) is 10.0 Å². The second-order valence-electron chi connectivity index (χ2n) is 4.47. The Kier molecular flexibility index (Phi) is 5.93. The summed E-state index contributed by atoms with van der Waals surface area (Å²) in [6.45, 7) is 0. The number of hydrogen-bond donors (Lipinski definition) is 1. The highest BCUT2D eigenvalue weighted by Gasteiger charge is 2.07. The second-order valence-corrected chi connectivity index (χ2v) is 5.34. The number of hydrogen-bond acceptors (Lipinski definition) is 3. The van der Waals surface area contributed by atoms with Crippen LogP contribution >= 0.6 is 23.2 Å². The van der Waals surface area contributed by atoms with Gasteiger partial charge in [0.1, 0.15) is 11.6 Å². The van der Waals surface area contributed by atoms with E-state index >= 15 is 0 Å². The monoisotopic (exact) mass is 343 g/mol. The number of amides is 1. The average molecular weight is 344 g/mol. The first-order valence-corrected chi connectivity index (χ1v) is 7.30. The Morgan fingerprint density at radius 1 is 1.00 bits per heavy atom. The SMILES string of the molecule is N#CC(=Cc1ccc(Cl)cc1)C(=O)NN=Cc1ccc(Cl)cc1. The third-order valence-corrected chi connectivity index (χ3v) is 3.30. The molecule has 0 aliphatic carbocycles. The first-order chi connectivity index (χ1) is 11.1. The van der Waals surface area contributed by atoms with Gasteiger partial charge in [-0.05, 0) is 41.5 Å². The average Bonchev–Trinajstić information content (AvgIpc) is 2.56. The number of hydrazone groups is 1. The van der Waals surface area contributed by atoms with Gasteiger partial charge in [0.25, 0.3) is 5.91 Å². The van der Waals surface area contributed by atoms with E-state index in [0.29, 0.717) is 15.6 Å². The maximum atomic E-state index is 11.9. The molecule has 0 radical (unpaired) electrons. The Morgan fingerprint density at radius 2 is 1.52 bits per heavy atom. The van der Waals surface area contributed by atoms with Gasteiger partial charge < -0.3 is 0 Å². The van der Waals surface area contributed by atoms with Gasteiger partial charge in [-0.15, -0.1) is 0 Å². The number of rotatable bonds is 4. The fourth-order valence-electron chi connectivity index (χ4n) is 1.65. The largest absolute Gasteiger partial charge is 0.282 e. The van der Waals surface area contributed by atoms with Gasteiger partial charge >= 0.3 is 0 Å². The summed E-state index contributed by atoms with van der Waals surface area (Å²) in [7, 11) is 0. The van der Waals surface area contributed by atoms with Gasteiger partial charge in [-0.3, -0.25) is 4.79 Å². The lowest BCUT2D eigenvalue weighted by Gasteiger charge is -1.99. The fourth-order valence-corrected chi connectivity index (χ4v) is 1.90. The summed E-state index contributed by atoms with van der Waals surface area (Å²) in [5.74, 6) is -0.590. The minimum absolute atomic E-state index is 0.0550. The molecule has 0 saturated carbocycles. The molecule has 0 fully saturated rings. The molecule has 6 heteroatoms. The highest BCUT2D eigenvalue weighted by molar-refractivity contribution is 6.30. The molecule has 2 rings (SSSR count). The van der Waals surface area contributed by atoms with Crippen molar-refractivity contribution in [3.05, 3.63) is 75.3 Å². The van der Waals surface area contributed by atoms with Gasteiger partial charge in [-0.25, -0.2) is 5.43 Å². The molecule has 4 nitrogen and oxygen atoms in total. The van der Waals surface area contributed by atoms with E-state index in [1.807, 2.05) is 6.07 Å². The molecule has 0 spiro atoms. The van der Waals surface area contributed by atoms with Crippen LogP contribution in [0.1, 0.15) is 11.1 Å². The number of carbonyl (C=O) groups excluding carboxylic acids is 1. The Morgan fingerprint density at radius 3 is 2.04 bits per heavy atom. The Balaban J connectivity index is 2.04. The summed E-state index contributed by atoms with van der Waals surface area (Å²) in [4.78, 5) is 11.9. The van der Waals surface area contributed by atoms with Crippen LogP contribution in [0.15, 0.2) is 59.2 Å². The van der Waals surface area contributed by atoms with Gasteiger partial charge in [0.15, 0.2) is 0 Å². The molecule has 1 N–H and O–H groups in total. The van der Waals surface area contributed by atoms with E-state index in [9.17, 15) is 4.79 Å². The molecular weight excluding hydrogens is 333 g/mol. The molecule has 0 unspecified atom stereocenters. The molecule has 114 valence electrons. The number of nitrogens with one attached hydrogen (secondary N) is 1. The summed E-state index contributed by atoms with van der Waals surface area (Å²) in [5, 5.41) is 14.1. The number of benzene rings is 2. The molecule has 0 atom stereocenters. The Hall–Kier alpha value is -2.61. The number of carbonyl (C=O) groups is 1. The van der Waals surface area contributed by atoms with Gasteiger partial charge in [-0.1, -0.05) is 47.5 Å². The van der Waals surface area contributed by atoms with E-state index in [1.165, 1.54) is 12.3 Å². The van der Waals surface area contributed by atoms with Crippen molar-refractivity contribution in [2.75, 3.05) is 0 Å². The third-order valence-electron chi connectivity index (χ3n) is 2.80. The summed E-state index contributed by atoms with van der Waals surface area (Å²) in [6.07, 6.45) is 2.93. The molecule has 0 heterocycles. The Bertz CT molecular complexity index is 788. The van der Waals surface area contributed by atoms with Crippen molar-refractivity contribution in [3.63, 3.8) is 0 Å². The first kappa shape index (κ1) is 16.8. The predicted octanol–water partition coefficient (Wildman–Crippen LogP) is 4.05. The highest BCUT2D eigenvalue weighted by atomic mass is 35.5. The molecular formula is C17H11Cl2N3O. The number of nitrogens with zero attached hydrogens (tertiary/aromatic N) is 2. The smallest absolute Gasteiger partial charge is 0.267 e. The topological polar surface area (TPSA) is 65.2 Å². The van der Waals surface area contributed by atoms with E-state index < -0.39 is 5.91 Å². The summed E-state index contributed by atoms with van der Waals surface area (Å²) in [5.41, 5.74) is 3.72. The molecule has 0 aliphatic rings. The lowest BCUT2D eigenvalue weighted by atomic mass is 10.1. The zero-order valence-electron chi connectivity index (χ0n) is 11.8. The number of nitriles is 1. The van der Waals surface area contributed by atoms with Crippen LogP contribution in [0.25, 0.3) is 6.08 Å². The van der Waals surface area contributed by atoms with Crippen LogP contribution in [0.5, 0.6) is 0 Å². The highest BCUT2D eigenvalue weighted by Crippen LogP contribution is 2.12. The molecule has 2 aromatic rings. The van der Waals surface area contributed by atoms with Gasteiger partial charge in [-0.2, -0.15) is 10.4 Å². The van der Waals surface area contributed by atoms with E-state index in [4.69, 9.17) is 28.5 Å². The van der Waals surface area contributed by atoms with Crippen molar-refractivity contribution in [1.29, 1.82) is 5.26 Å². The van der Waals surface area contributed by atoms with E-state index in [-0.39, 0.29) is 5.57 Å². The molecule has 0 bridgehead atoms. The second kappa shape index (κ2) is 8.14. The molecule has 1 amide bonds. The maximum Gasteiger partial charge on any atom is 0.282 e.